The van der Waals surface area contributed by atoms with Gasteiger partial charge in [-0.15, -0.1) is 0 Å². The highest BCUT2D eigenvalue weighted by molar-refractivity contribution is 7.99. The zero-order valence-electron chi connectivity index (χ0n) is 11.3. The number of aryl methyl sites for hydroxylation is 1. The van der Waals surface area contributed by atoms with Gasteiger partial charge in [0.05, 0.1) is 12.6 Å². The minimum Gasteiger partial charge on any atom is -0.497 e. The van der Waals surface area contributed by atoms with E-state index in [2.05, 4.69) is 29.0 Å². The minimum absolute atomic E-state index is 0.859. The van der Waals surface area contributed by atoms with E-state index in [9.17, 15) is 0 Å². The molecule has 0 amide bonds. The van der Waals surface area contributed by atoms with Crippen molar-refractivity contribution in [3.8, 4) is 5.75 Å². The van der Waals surface area contributed by atoms with Crippen LogP contribution in [-0.2, 0) is 0 Å². The molecule has 2 aromatic carbocycles. The maximum Gasteiger partial charge on any atom is 0.118 e. The second-order valence-corrected chi connectivity index (χ2v) is 5.54. The van der Waals surface area contributed by atoms with Crippen LogP contribution in [0.25, 0.3) is 10.9 Å². The second kappa shape index (κ2) is 5.51. The monoisotopic (exact) mass is 282 g/mol. The number of fused-ring (bicyclic) bond motifs is 1. The maximum absolute atomic E-state index is 5.17. The van der Waals surface area contributed by atoms with Crippen molar-refractivity contribution in [2.75, 3.05) is 7.11 Å². The summed E-state index contributed by atoms with van der Waals surface area (Å²) in [4.78, 5) is 9.85. The van der Waals surface area contributed by atoms with E-state index in [0.717, 1.165) is 26.6 Å². The minimum atomic E-state index is 0.859. The molecule has 3 nitrogen and oxygen atoms in total. The summed E-state index contributed by atoms with van der Waals surface area (Å²) in [7, 11) is 1.67. The molecule has 20 heavy (non-hydrogen) atoms. The SMILES string of the molecule is COc1ccc(Sc2ncnc3ccc(C)cc23)cc1. The Kier molecular flexibility index (Phi) is 3.56. The van der Waals surface area contributed by atoms with Gasteiger partial charge in [0, 0.05) is 10.3 Å². The second-order valence-electron chi connectivity index (χ2n) is 4.48. The van der Waals surface area contributed by atoms with Crippen LogP contribution in [0.1, 0.15) is 5.56 Å². The van der Waals surface area contributed by atoms with Gasteiger partial charge in [0.25, 0.3) is 0 Å². The Labute approximate surface area is 122 Å². The average molecular weight is 282 g/mol. The van der Waals surface area contributed by atoms with Gasteiger partial charge in [0.15, 0.2) is 0 Å². The molecular weight excluding hydrogens is 268 g/mol. The summed E-state index contributed by atoms with van der Waals surface area (Å²) in [5.74, 6) is 0.859. The van der Waals surface area contributed by atoms with E-state index < -0.39 is 0 Å². The van der Waals surface area contributed by atoms with Crippen molar-refractivity contribution in [2.24, 2.45) is 0 Å². The molecule has 0 aliphatic carbocycles. The number of benzene rings is 2. The summed E-state index contributed by atoms with van der Waals surface area (Å²) in [6, 6.07) is 14.2. The van der Waals surface area contributed by atoms with Crippen molar-refractivity contribution in [1.29, 1.82) is 0 Å². The molecule has 0 atom stereocenters. The highest BCUT2D eigenvalue weighted by atomic mass is 32.2. The summed E-state index contributed by atoms with van der Waals surface area (Å²) in [5.41, 5.74) is 2.19. The van der Waals surface area contributed by atoms with E-state index in [0.29, 0.717) is 0 Å². The first-order valence-electron chi connectivity index (χ1n) is 6.29. The number of ether oxygens (including phenoxy) is 1. The van der Waals surface area contributed by atoms with E-state index in [1.165, 1.54) is 5.56 Å². The van der Waals surface area contributed by atoms with Gasteiger partial charge in [-0.25, -0.2) is 9.97 Å². The molecule has 0 aliphatic heterocycles. The standard InChI is InChI=1S/C16H14N2OS/c1-11-3-8-15-14(9-11)16(18-10-17-15)20-13-6-4-12(19-2)5-7-13/h3-10H,1-2H3. The highest BCUT2D eigenvalue weighted by Gasteiger charge is 2.06. The molecule has 3 aromatic rings. The van der Waals surface area contributed by atoms with Gasteiger partial charge < -0.3 is 4.74 Å². The number of rotatable bonds is 3. The average Bonchev–Trinajstić information content (AvgIpc) is 2.49. The number of methoxy groups -OCH3 is 1. The normalized spacial score (nSPS) is 10.7. The molecule has 0 unspecified atom stereocenters. The molecule has 0 bridgehead atoms. The number of nitrogens with zero attached hydrogens (tertiary/aromatic N) is 2. The zero-order valence-corrected chi connectivity index (χ0v) is 12.1. The van der Waals surface area contributed by atoms with Crippen LogP contribution in [0.4, 0.5) is 0 Å². The first-order chi connectivity index (χ1) is 9.76. The third-order valence-corrected chi connectivity index (χ3v) is 4.05. The lowest BCUT2D eigenvalue weighted by atomic mass is 10.2. The summed E-state index contributed by atoms with van der Waals surface area (Å²) in [6.07, 6.45) is 1.61. The lowest BCUT2D eigenvalue weighted by Crippen LogP contribution is -1.88. The van der Waals surface area contributed by atoms with Crippen LogP contribution in [0.3, 0.4) is 0 Å². The van der Waals surface area contributed by atoms with Crippen LogP contribution < -0.4 is 4.74 Å². The fraction of sp³-hybridized carbons (Fsp3) is 0.125. The van der Waals surface area contributed by atoms with E-state index in [1.807, 2.05) is 30.3 Å². The van der Waals surface area contributed by atoms with Gasteiger partial charge >= 0.3 is 0 Å². The van der Waals surface area contributed by atoms with Crippen LogP contribution >= 0.6 is 11.8 Å². The van der Waals surface area contributed by atoms with Crippen molar-refractivity contribution in [1.82, 2.24) is 9.97 Å². The molecule has 0 N–H and O–H groups in total. The van der Waals surface area contributed by atoms with Crippen LogP contribution in [0.15, 0.2) is 58.7 Å². The molecule has 3 rings (SSSR count). The number of hydrogen-bond acceptors (Lipinski definition) is 4. The van der Waals surface area contributed by atoms with Gasteiger partial charge in [-0.1, -0.05) is 23.4 Å². The molecular formula is C16H14N2OS. The lowest BCUT2D eigenvalue weighted by Gasteiger charge is -2.06. The highest BCUT2D eigenvalue weighted by Crippen LogP contribution is 2.32. The number of hydrogen-bond donors (Lipinski definition) is 0. The Balaban J connectivity index is 1.99. The lowest BCUT2D eigenvalue weighted by molar-refractivity contribution is 0.414. The van der Waals surface area contributed by atoms with Crippen LogP contribution in [0.5, 0.6) is 5.75 Å². The Hall–Kier alpha value is -2.07. The Morgan fingerprint density at radius 2 is 1.80 bits per heavy atom. The van der Waals surface area contributed by atoms with Gasteiger partial charge in [-0.3, -0.25) is 0 Å². The zero-order chi connectivity index (χ0) is 13.9. The smallest absolute Gasteiger partial charge is 0.118 e. The molecule has 100 valence electrons. The third-order valence-electron chi connectivity index (χ3n) is 3.03. The van der Waals surface area contributed by atoms with Gasteiger partial charge in [-0.05, 0) is 43.3 Å². The van der Waals surface area contributed by atoms with E-state index in [1.54, 1.807) is 25.2 Å². The van der Waals surface area contributed by atoms with Crippen molar-refractivity contribution in [3.05, 3.63) is 54.4 Å². The molecule has 0 fully saturated rings. The molecule has 0 aliphatic rings. The van der Waals surface area contributed by atoms with E-state index >= 15 is 0 Å². The Morgan fingerprint density at radius 3 is 2.55 bits per heavy atom. The fourth-order valence-electron chi connectivity index (χ4n) is 1.98. The van der Waals surface area contributed by atoms with Gasteiger partial charge in [-0.2, -0.15) is 0 Å². The maximum atomic E-state index is 5.17. The Morgan fingerprint density at radius 1 is 1.00 bits per heavy atom. The van der Waals surface area contributed by atoms with Crippen molar-refractivity contribution in [2.45, 2.75) is 16.8 Å². The Bertz CT molecular complexity index is 741. The fourth-order valence-corrected chi connectivity index (χ4v) is 2.85. The van der Waals surface area contributed by atoms with Gasteiger partial charge in [0.2, 0.25) is 0 Å². The van der Waals surface area contributed by atoms with Crippen LogP contribution in [0, 0.1) is 6.92 Å². The quantitative estimate of drug-likeness (QED) is 0.677. The predicted molar refractivity (Wildman–Crippen MR) is 81.4 cm³/mol. The summed E-state index contributed by atoms with van der Waals surface area (Å²) < 4.78 is 5.17. The van der Waals surface area contributed by atoms with Crippen molar-refractivity contribution < 1.29 is 4.74 Å². The van der Waals surface area contributed by atoms with E-state index in [4.69, 9.17) is 4.74 Å². The molecule has 1 aromatic heterocycles. The number of aromatic nitrogens is 2. The van der Waals surface area contributed by atoms with Crippen LogP contribution in [0.2, 0.25) is 0 Å². The van der Waals surface area contributed by atoms with Crippen molar-refractivity contribution in [3.63, 3.8) is 0 Å². The summed E-state index contributed by atoms with van der Waals surface area (Å²) >= 11 is 1.64. The molecule has 0 saturated heterocycles. The largest absolute Gasteiger partial charge is 0.497 e. The predicted octanol–water partition coefficient (Wildman–Crippen LogP) is 4.10. The first kappa shape index (κ1) is 12.9. The molecule has 1 heterocycles. The first-order valence-corrected chi connectivity index (χ1v) is 7.11. The van der Waals surface area contributed by atoms with Crippen molar-refractivity contribution >= 4 is 22.7 Å². The molecule has 0 spiro atoms. The molecule has 0 saturated carbocycles. The summed E-state index contributed by atoms with van der Waals surface area (Å²) in [6.45, 7) is 2.08. The molecule has 0 radical (unpaired) electrons. The molecule has 4 heteroatoms. The van der Waals surface area contributed by atoms with Crippen LogP contribution in [-0.4, -0.2) is 17.1 Å². The third kappa shape index (κ3) is 2.60. The van der Waals surface area contributed by atoms with E-state index in [-0.39, 0.29) is 0 Å². The topological polar surface area (TPSA) is 35.0 Å². The summed E-state index contributed by atoms with van der Waals surface area (Å²) in [5, 5.41) is 2.07. The van der Waals surface area contributed by atoms with Gasteiger partial charge in [0.1, 0.15) is 17.1 Å².